The molecule has 3 aliphatic carbocycles. The molecule has 0 unspecified atom stereocenters. The summed E-state index contributed by atoms with van der Waals surface area (Å²) in [4.78, 5) is 45.9. The van der Waals surface area contributed by atoms with Gasteiger partial charge in [-0.3, -0.25) is 0 Å². The first kappa shape index (κ1) is 93.5. The van der Waals surface area contributed by atoms with E-state index in [1.807, 2.05) is 121 Å². The zero-order valence-corrected chi connectivity index (χ0v) is 86.8. The van der Waals surface area contributed by atoms with E-state index in [0.29, 0.717) is 52.4 Å². The van der Waals surface area contributed by atoms with Gasteiger partial charge in [0.05, 0.1) is 0 Å². The fourth-order valence-corrected chi connectivity index (χ4v) is 24.1. The lowest BCUT2D eigenvalue weighted by atomic mass is 9.54. The average molecular weight is 1950 g/mol. The van der Waals surface area contributed by atoms with Crippen LogP contribution in [0.2, 0.25) is 0 Å². The summed E-state index contributed by atoms with van der Waals surface area (Å²) in [5.74, 6) is 5.89. The number of rotatable bonds is 13. The first-order valence-electron chi connectivity index (χ1n) is 51.8. The third-order valence-corrected chi connectivity index (χ3v) is 34.5. The Kier molecular flexibility index (Phi) is 23.0. The van der Waals surface area contributed by atoms with Gasteiger partial charge in [0.2, 0.25) is 0 Å². The molecular formula is C139H109N9OS. The van der Waals surface area contributed by atoms with Crippen molar-refractivity contribution in [3.8, 4) is 180 Å². The van der Waals surface area contributed by atoms with Crippen LogP contribution >= 0.6 is 11.3 Å². The van der Waals surface area contributed by atoms with Crippen molar-refractivity contribution in [3.05, 3.63) is 476 Å². The van der Waals surface area contributed by atoms with Crippen molar-refractivity contribution in [2.24, 2.45) is 0 Å². The zero-order valence-electron chi connectivity index (χ0n) is 86.0. The van der Waals surface area contributed by atoms with Crippen molar-refractivity contribution in [1.82, 2.24) is 44.9 Å². The molecule has 0 saturated carbocycles. The summed E-state index contributed by atoms with van der Waals surface area (Å²) in [6.07, 6.45) is 0. The van der Waals surface area contributed by atoms with E-state index in [2.05, 4.69) is 417 Å². The minimum Gasteiger partial charge on any atom is -0.456 e. The van der Waals surface area contributed by atoms with E-state index in [4.69, 9.17) is 49.3 Å². The van der Waals surface area contributed by atoms with E-state index < -0.39 is 0 Å². The molecule has 19 aromatic carbocycles. The molecule has 24 aromatic rings. The van der Waals surface area contributed by atoms with Gasteiger partial charge in [0.25, 0.3) is 0 Å². The molecule has 5 heterocycles. The first-order chi connectivity index (χ1) is 72.9. The molecule has 0 saturated heterocycles. The van der Waals surface area contributed by atoms with E-state index in [1.54, 1.807) is 0 Å². The molecule has 0 N–H and O–H groups in total. The molecule has 5 aromatic heterocycles. The van der Waals surface area contributed by atoms with Crippen molar-refractivity contribution < 1.29 is 4.42 Å². The van der Waals surface area contributed by atoms with Crippen LogP contribution in [0.15, 0.2) is 447 Å². The van der Waals surface area contributed by atoms with Gasteiger partial charge in [-0.2, -0.15) is 0 Å². The predicted octanol–water partition coefficient (Wildman–Crippen LogP) is 36.4. The highest BCUT2D eigenvalue weighted by Crippen LogP contribution is 2.61. The molecule has 0 bridgehead atoms. The van der Waals surface area contributed by atoms with E-state index in [1.165, 1.54) is 126 Å². The average Bonchev–Trinajstić information content (AvgIpc) is 0.859. The van der Waals surface area contributed by atoms with Gasteiger partial charge < -0.3 is 4.42 Å². The van der Waals surface area contributed by atoms with Crippen LogP contribution in [0.5, 0.6) is 0 Å². The van der Waals surface area contributed by atoms with Gasteiger partial charge in [-0.15, -0.1) is 11.3 Å². The zero-order chi connectivity index (χ0) is 102. The van der Waals surface area contributed by atoms with Gasteiger partial charge in [-0.25, -0.2) is 44.9 Å². The topological polar surface area (TPSA) is 129 Å². The van der Waals surface area contributed by atoms with Crippen molar-refractivity contribution in [3.63, 3.8) is 0 Å². The number of furan rings is 1. The molecule has 3 aliphatic rings. The second-order valence-corrected chi connectivity index (χ2v) is 44.1. The number of hydrogen-bond acceptors (Lipinski definition) is 11. The molecule has 0 atom stereocenters. The highest BCUT2D eigenvalue weighted by Gasteiger charge is 2.50. The number of fused-ring (bicyclic) bond motifs is 16. The van der Waals surface area contributed by atoms with E-state index in [9.17, 15) is 0 Å². The van der Waals surface area contributed by atoms with Crippen LogP contribution < -0.4 is 0 Å². The number of nitrogens with zero attached hydrogens (tertiary/aromatic N) is 9. The molecule has 0 amide bonds. The summed E-state index contributed by atoms with van der Waals surface area (Å²) in [5.41, 5.74) is 35.2. The maximum Gasteiger partial charge on any atom is 0.164 e. The minimum absolute atomic E-state index is 0.111. The molecule has 27 rings (SSSR count). The van der Waals surface area contributed by atoms with E-state index in [0.717, 1.165) is 88.3 Å². The summed E-state index contributed by atoms with van der Waals surface area (Å²) in [6, 6.07) is 157. The second kappa shape index (κ2) is 36.9. The monoisotopic (exact) mass is 1950 g/mol. The quantitative estimate of drug-likeness (QED) is 0.110. The number of aromatic nitrogens is 9. The molecule has 11 heteroatoms. The molecule has 0 radical (unpaired) electrons. The molecule has 0 fully saturated rings. The Balaban J connectivity index is 0.000000117. The van der Waals surface area contributed by atoms with Gasteiger partial charge in [-0.1, -0.05) is 453 Å². The van der Waals surface area contributed by atoms with Crippen molar-refractivity contribution in [2.75, 3.05) is 0 Å². The summed E-state index contributed by atoms with van der Waals surface area (Å²) >= 11 is 1.82. The Morgan fingerprint density at radius 3 is 0.867 bits per heavy atom. The van der Waals surface area contributed by atoms with Gasteiger partial charge in [0, 0.05) is 81.0 Å². The van der Waals surface area contributed by atoms with Gasteiger partial charge in [-0.05, 0) is 227 Å². The third-order valence-electron chi connectivity index (χ3n) is 33.3. The third kappa shape index (κ3) is 16.0. The van der Waals surface area contributed by atoms with Crippen LogP contribution in [0.4, 0.5) is 0 Å². The van der Waals surface area contributed by atoms with Crippen molar-refractivity contribution >= 4 is 64.2 Å². The fraction of sp³-hybridized carbons (Fsp3) is 0.129. The number of para-hydroxylation sites is 1. The Morgan fingerprint density at radius 1 is 0.160 bits per heavy atom. The maximum atomic E-state index is 6.25. The highest BCUT2D eigenvalue weighted by atomic mass is 32.1. The Hall–Kier alpha value is -17.5. The summed E-state index contributed by atoms with van der Waals surface area (Å²) < 4.78 is 8.79. The van der Waals surface area contributed by atoms with Crippen LogP contribution in [-0.4, -0.2) is 44.9 Å². The molecule has 150 heavy (non-hydrogen) atoms. The van der Waals surface area contributed by atoms with Crippen LogP contribution in [0.3, 0.4) is 0 Å². The first-order valence-corrected chi connectivity index (χ1v) is 52.6. The van der Waals surface area contributed by atoms with Crippen LogP contribution in [0.1, 0.15) is 116 Å². The van der Waals surface area contributed by atoms with Gasteiger partial charge in [0.1, 0.15) is 11.2 Å². The normalized spacial score (nSPS) is 14.3. The van der Waals surface area contributed by atoms with Crippen LogP contribution in [-0.2, 0) is 32.5 Å². The van der Waals surface area contributed by atoms with Crippen molar-refractivity contribution in [1.29, 1.82) is 0 Å². The molecule has 10 nitrogen and oxygen atoms in total. The Labute approximate surface area is 879 Å². The fourth-order valence-electron chi connectivity index (χ4n) is 23.0. The molecule has 722 valence electrons. The smallest absolute Gasteiger partial charge is 0.164 e. The van der Waals surface area contributed by atoms with Gasteiger partial charge >= 0.3 is 0 Å². The molecular weight excluding hydrogens is 1840 g/mol. The summed E-state index contributed by atoms with van der Waals surface area (Å²) in [5, 5.41) is 6.92. The highest BCUT2D eigenvalue weighted by molar-refractivity contribution is 7.25. The minimum atomic E-state index is -0.175. The summed E-state index contributed by atoms with van der Waals surface area (Å²) in [7, 11) is 0. The maximum absolute atomic E-state index is 6.25. The lowest BCUT2D eigenvalue weighted by molar-refractivity contribution is 0.299. The second-order valence-electron chi connectivity index (χ2n) is 43.1. The summed E-state index contributed by atoms with van der Waals surface area (Å²) in [6.45, 7) is 28.6. The standard InChI is InChI=1S/C49H39N3.C45H35N3O.C45H35N3S/c1-48(2)42-26-16-25-39(32-17-8-5-9-18-32)44(42)40-28-27-35(31-43(40)49(48,3)4)37-29-36-23-14-15-24-38(36)41(30-37)47-51-45(33-19-10-6-11-20-33)50-46(52-47)34-21-12-7-13-22-34;1-44(2)36-20-13-19-32(28-14-7-5-8-15-28)40(36)35-25-23-30(26-37(35)45(44,3)4)42-46-41(29-16-9-6-10-17-29)47-43(48-42)31-22-24-34-33-18-11-12-21-38(33)49-39(34)27-31;1-44(2)36-20-13-19-32(28-14-7-5-8-15-28)40(36)34-24-22-31(27-37(34)45(44,3)4)43-47-41(29-16-9-6-10-17-29)46-42(48-43)30-23-25-39-35(26-30)33-18-11-12-21-38(33)49-39/h5-31H,1-4H3;2*5-27H,1-4H3. The molecule has 0 spiro atoms. The SMILES string of the molecule is CC1(C)c2cc(-c3cc(-c4nc(-c5ccccc5)nc(-c5ccccc5)n4)c4ccccc4c3)ccc2-c2c(-c3ccccc3)cccc2C1(C)C.CC1(C)c2cc(-c3nc(-c4ccccc4)nc(-c4ccc5c(c4)oc4ccccc45)n3)ccc2-c2c(-c3ccccc3)cccc2C1(C)C.CC1(C)c2cc(-c3nc(-c4ccccc4)nc(-c4ccc5sc6ccccc6c5c4)n3)ccc2-c2c(-c3ccccc3)cccc2C1(C)C. The Morgan fingerprint density at radius 2 is 0.453 bits per heavy atom. The number of thiophene rings is 1. The number of hydrogen-bond donors (Lipinski definition) is 0. The van der Waals surface area contributed by atoms with E-state index in [-0.39, 0.29) is 32.5 Å². The molecule has 0 aliphatic heterocycles. The lowest BCUT2D eigenvalue weighted by Gasteiger charge is -2.49. The lowest BCUT2D eigenvalue weighted by Crippen LogP contribution is -2.43. The number of benzene rings is 19. The predicted molar refractivity (Wildman–Crippen MR) is 622 cm³/mol. The van der Waals surface area contributed by atoms with Crippen LogP contribution in [0, 0.1) is 0 Å². The van der Waals surface area contributed by atoms with Crippen LogP contribution in [0.25, 0.3) is 233 Å². The van der Waals surface area contributed by atoms with Gasteiger partial charge in [0.15, 0.2) is 52.4 Å². The van der Waals surface area contributed by atoms with Crippen molar-refractivity contribution in [2.45, 2.75) is 116 Å². The largest absolute Gasteiger partial charge is 0.456 e. The van der Waals surface area contributed by atoms with E-state index >= 15 is 0 Å². The Bertz CT molecular complexity index is 9360.